The minimum Gasteiger partial charge on any atom is -0.399 e. The van der Waals surface area contributed by atoms with Crippen molar-refractivity contribution in [2.24, 2.45) is 0 Å². The zero-order valence-electron chi connectivity index (χ0n) is 10.7. The molecule has 0 aliphatic carbocycles. The normalized spacial score (nSPS) is 15.5. The molecular formula is C13H20N2O2S. The van der Waals surface area contributed by atoms with Crippen molar-refractivity contribution >= 4 is 21.2 Å². The van der Waals surface area contributed by atoms with Gasteiger partial charge in [-0.15, -0.1) is 0 Å². The van der Waals surface area contributed by atoms with Crippen molar-refractivity contribution < 1.29 is 8.42 Å². The molecule has 1 heterocycles. The Kier molecular flexibility index (Phi) is 3.80. The highest BCUT2D eigenvalue weighted by Gasteiger charge is 2.16. The maximum Gasteiger partial charge on any atom is 0.147 e. The first-order valence-electron chi connectivity index (χ1n) is 6.27. The Morgan fingerprint density at radius 3 is 2.89 bits per heavy atom. The molecule has 100 valence electrons. The Morgan fingerprint density at radius 2 is 2.17 bits per heavy atom. The Hall–Kier alpha value is -1.23. The Balaban J connectivity index is 2.04. The van der Waals surface area contributed by atoms with Gasteiger partial charge in [0.1, 0.15) is 9.84 Å². The molecule has 2 rings (SSSR count). The van der Waals surface area contributed by atoms with E-state index >= 15 is 0 Å². The number of nitrogen functional groups attached to an aromatic ring is 1. The molecule has 5 heteroatoms. The molecule has 0 radical (unpaired) electrons. The molecule has 1 aromatic carbocycles. The van der Waals surface area contributed by atoms with E-state index in [4.69, 9.17) is 5.73 Å². The van der Waals surface area contributed by atoms with Crippen LogP contribution in [0.25, 0.3) is 0 Å². The number of hydrogen-bond donors (Lipinski definition) is 1. The maximum atomic E-state index is 11.1. The van der Waals surface area contributed by atoms with Crippen molar-refractivity contribution in [1.29, 1.82) is 0 Å². The standard InChI is InChI=1S/C13H20N2O2S/c1-18(16,17)9-3-8-15-7-2-4-11-10-12(14)5-6-13(11)15/h5-6,10H,2-4,7-9,14H2,1H3. The third-order valence-electron chi connectivity index (χ3n) is 3.26. The molecule has 1 aromatic rings. The number of nitrogens with zero attached hydrogens (tertiary/aromatic N) is 1. The van der Waals surface area contributed by atoms with Crippen molar-refractivity contribution in [2.75, 3.05) is 35.7 Å². The highest BCUT2D eigenvalue weighted by molar-refractivity contribution is 7.90. The van der Waals surface area contributed by atoms with Crippen LogP contribution in [0.1, 0.15) is 18.4 Å². The van der Waals surface area contributed by atoms with Crippen LogP contribution in [0.3, 0.4) is 0 Å². The number of aryl methyl sites for hydroxylation is 1. The molecule has 0 fully saturated rings. The van der Waals surface area contributed by atoms with Crippen LogP contribution >= 0.6 is 0 Å². The van der Waals surface area contributed by atoms with Crippen LogP contribution < -0.4 is 10.6 Å². The molecule has 0 amide bonds. The lowest BCUT2D eigenvalue weighted by atomic mass is 10.0. The summed E-state index contributed by atoms with van der Waals surface area (Å²) in [5.74, 6) is 0.258. The molecule has 18 heavy (non-hydrogen) atoms. The summed E-state index contributed by atoms with van der Waals surface area (Å²) in [4.78, 5) is 2.27. The lowest BCUT2D eigenvalue weighted by Crippen LogP contribution is -2.31. The van der Waals surface area contributed by atoms with E-state index in [1.807, 2.05) is 18.2 Å². The van der Waals surface area contributed by atoms with E-state index in [0.29, 0.717) is 6.42 Å². The first-order valence-corrected chi connectivity index (χ1v) is 8.33. The lowest BCUT2D eigenvalue weighted by Gasteiger charge is -2.31. The number of benzene rings is 1. The second kappa shape index (κ2) is 5.18. The molecule has 0 spiro atoms. The van der Waals surface area contributed by atoms with Gasteiger partial charge >= 0.3 is 0 Å². The van der Waals surface area contributed by atoms with Crippen LogP contribution in [0.5, 0.6) is 0 Å². The number of anilines is 2. The monoisotopic (exact) mass is 268 g/mol. The molecule has 0 saturated carbocycles. The van der Waals surface area contributed by atoms with E-state index in [9.17, 15) is 8.42 Å². The zero-order valence-corrected chi connectivity index (χ0v) is 11.5. The van der Waals surface area contributed by atoms with Gasteiger partial charge in [-0.2, -0.15) is 0 Å². The quantitative estimate of drug-likeness (QED) is 0.840. The fourth-order valence-corrected chi connectivity index (χ4v) is 3.10. The van der Waals surface area contributed by atoms with Crippen molar-refractivity contribution in [2.45, 2.75) is 19.3 Å². The second-order valence-electron chi connectivity index (χ2n) is 4.96. The van der Waals surface area contributed by atoms with Gasteiger partial charge in [0.25, 0.3) is 0 Å². The van der Waals surface area contributed by atoms with Gasteiger partial charge in [0, 0.05) is 30.7 Å². The molecule has 1 aliphatic heterocycles. The molecule has 1 aliphatic rings. The third-order valence-corrected chi connectivity index (χ3v) is 4.29. The topological polar surface area (TPSA) is 63.4 Å². The lowest BCUT2D eigenvalue weighted by molar-refractivity contribution is 0.597. The highest BCUT2D eigenvalue weighted by Crippen LogP contribution is 2.28. The highest BCUT2D eigenvalue weighted by atomic mass is 32.2. The number of rotatable bonds is 4. The molecule has 0 saturated heterocycles. The van der Waals surface area contributed by atoms with Crippen molar-refractivity contribution in [1.82, 2.24) is 0 Å². The first kappa shape index (κ1) is 13.2. The smallest absolute Gasteiger partial charge is 0.147 e. The van der Waals surface area contributed by atoms with Crippen LogP contribution in [0.4, 0.5) is 11.4 Å². The van der Waals surface area contributed by atoms with Crippen LogP contribution in [-0.4, -0.2) is 33.5 Å². The van der Waals surface area contributed by atoms with E-state index in [2.05, 4.69) is 4.90 Å². The van der Waals surface area contributed by atoms with Gasteiger partial charge in [0.15, 0.2) is 0 Å². The average molecular weight is 268 g/mol. The van der Waals surface area contributed by atoms with Gasteiger partial charge in [-0.25, -0.2) is 8.42 Å². The summed E-state index contributed by atoms with van der Waals surface area (Å²) in [6.07, 6.45) is 4.14. The summed E-state index contributed by atoms with van der Waals surface area (Å²) in [6.45, 7) is 1.80. The molecular weight excluding hydrogens is 248 g/mol. The Morgan fingerprint density at radius 1 is 1.39 bits per heavy atom. The van der Waals surface area contributed by atoms with Crippen LogP contribution in [0, 0.1) is 0 Å². The third kappa shape index (κ3) is 3.38. The van der Waals surface area contributed by atoms with E-state index in [1.165, 1.54) is 17.5 Å². The number of nitrogens with two attached hydrogens (primary N) is 1. The van der Waals surface area contributed by atoms with Gasteiger partial charge in [0.2, 0.25) is 0 Å². The van der Waals surface area contributed by atoms with Gasteiger partial charge in [-0.3, -0.25) is 0 Å². The molecule has 0 aromatic heterocycles. The van der Waals surface area contributed by atoms with E-state index in [1.54, 1.807) is 0 Å². The SMILES string of the molecule is CS(=O)(=O)CCCN1CCCc2cc(N)ccc21. The fraction of sp³-hybridized carbons (Fsp3) is 0.538. The van der Waals surface area contributed by atoms with Crippen LogP contribution in [0.2, 0.25) is 0 Å². The average Bonchev–Trinajstić information content (AvgIpc) is 2.27. The summed E-state index contributed by atoms with van der Waals surface area (Å²) in [6, 6.07) is 5.98. The largest absolute Gasteiger partial charge is 0.399 e. The number of fused-ring (bicyclic) bond motifs is 1. The van der Waals surface area contributed by atoms with E-state index < -0.39 is 9.84 Å². The maximum absolute atomic E-state index is 11.1. The minimum absolute atomic E-state index is 0.258. The minimum atomic E-state index is -2.86. The Bertz CT molecular complexity index is 526. The van der Waals surface area contributed by atoms with Gasteiger partial charge in [-0.1, -0.05) is 0 Å². The van der Waals surface area contributed by atoms with E-state index in [-0.39, 0.29) is 5.75 Å². The van der Waals surface area contributed by atoms with Crippen molar-refractivity contribution in [3.63, 3.8) is 0 Å². The van der Waals surface area contributed by atoms with Crippen LogP contribution in [0.15, 0.2) is 18.2 Å². The van der Waals surface area contributed by atoms with Crippen LogP contribution in [-0.2, 0) is 16.3 Å². The number of sulfone groups is 1. The predicted molar refractivity (Wildman–Crippen MR) is 75.7 cm³/mol. The van der Waals surface area contributed by atoms with Gasteiger partial charge in [-0.05, 0) is 43.0 Å². The summed E-state index contributed by atoms with van der Waals surface area (Å²) in [5, 5.41) is 0. The molecule has 4 nitrogen and oxygen atoms in total. The second-order valence-corrected chi connectivity index (χ2v) is 7.22. The van der Waals surface area contributed by atoms with Gasteiger partial charge < -0.3 is 10.6 Å². The fourth-order valence-electron chi connectivity index (χ4n) is 2.44. The van der Waals surface area contributed by atoms with Crippen molar-refractivity contribution in [3.8, 4) is 0 Å². The molecule has 2 N–H and O–H groups in total. The molecule has 0 bridgehead atoms. The summed E-state index contributed by atoms with van der Waals surface area (Å²) in [5.41, 5.74) is 9.07. The first-order chi connectivity index (χ1) is 8.46. The predicted octanol–water partition coefficient (Wildman–Crippen LogP) is 1.46. The van der Waals surface area contributed by atoms with Gasteiger partial charge in [0.05, 0.1) is 5.75 Å². The molecule has 0 atom stereocenters. The van der Waals surface area contributed by atoms with E-state index in [0.717, 1.165) is 31.6 Å². The zero-order chi connectivity index (χ0) is 13.2. The van der Waals surface area contributed by atoms with Crippen molar-refractivity contribution in [3.05, 3.63) is 23.8 Å². The number of hydrogen-bond acceptors (Lipinski definition) is 4. The summed E-state index contributed by atoms with van der Waals surface area (Å²) >= 11 is 0. The molecule has 0 unspecified atom stereocenters. The summed E-state index contributed by atoms with van der Waals surface area (Å²) < 4.78 is 22.3. The summed E-state index contributed by atoms with van der Waals surface area (Å²) in [7, 11) is -2.86. The Labute approximate surface area is 109 Å².